The molecule has 0 fully saturated rings. The minimum atomic E-state index is -0.394. The topological polar surface area (TPSA) is 42.0 Å². The van der Waals surface area contributed by atoms with E-state index >= 15 is 0 Å². The second kappa shape index (κ2) is 4.71. The third-order valence-corrected chi connectivity index (χ3v) is 2.81. The number of hydrogen-bond donors (Lipinski definition) is 1. The molecular weight excluding hydrogens is 224 g/mol. The molecule has 0 atom stereocenters. The zero-order valence-corrected chi connectivity index (χ0v) is 12.5. The number of nitrogens with zero attached hydrogens (tertiary/aromatic N) is 1. The Kier molecular flexibility index (Phi) is 3.84. The molecule has 0 unspecified atom stereocenters. The summed E-state index contributed by atoms with van der Waals surface area (Å²) in [6.07, 6.45) is 1.75. The summed E-state index contributed by atoms with van der Waals surface area (Å²) in [4.78, 5) is 16.4. The zero-order chi connectivity index (χ0) is 14.1. The number of carbonyl (C=O) groups excluding carboxylic acids is 1. The molecule has 1 aromatic heterocycles. The van der Waals surface area contributed by atoms with Gasteiger partial charge in [0.1, 0.15) is 0 Å². The minimum Gasteiger partial charge on any atom is -0.324 e. The molecular formula is C15H24N2O. The van der Waals surface area contributed by atoms with Crippen LogP contribution in [-0.2, 0) is 10.2 Å². The van der Waals surface area contributed by atoms with Gasteiger partial charge in [0.05, 0.1) is 11.9 Å². The molecule has 0 aliphatic carbocycles. The number of aryl methyl sites for hydroxylation is 1. The van der Waals surface area contributed by atoms with E-state index in [1.165, 1.54) is 0 Å². The second-order valence-corrected chi connectivity index (χ2v) is 6.84. The van der Waals surface area contributed by atoms with Crippen molar-refractivity contribution in [3.63, 3.8) is 0 Å². The van der Waals surface area contributed by atoms with Crippen LogP contribution in [0.15, 0.2) is 12.3 Å². The van der Waals surface area contributed by atoms with Crippen LogP contribution in [0.5, 0.6) is 0 Å². The first kappa shape index (κ1) is 14.7. The van der Waals surface area contributed by atoms with Gasteiger partial charge < -0.3 is 5.32 Å². The highest BCUT2D eigenvalue weighted by Gasteiger charge is 2.22. The average molecular weight is 248 g/mol. The fourth-order valence-corrected chi connectivity index (χ4v) is 1.41. The molecule has 0 radical (unpaired) electrons. The van der Waals surface area contributed by atoms with Crippen LogP contribution >= 0.6 is 0 Å². The van der Waals surface area contributed by atoms with Gasteiger partial charge in [-0.05, 0) is 18.6 Å². The van der Waals surface area contributed by atoms with Crippen molar-refractivity contribution in [2.45, 2.75) is 53.9 Å². The van der Waals surface area contributed by atoms with Crippen LogP contribution in [-0.4, -0.2) is 10.9 Å². The molecule has 100 valence electrons. The Balaban J connectivity index is 2.98. The van der Waals surface area contributed by atoms with E-state index in [1.54, 1.807) is 6.20 Å². The molecule has 0 spiro atoms. The molecule has 1 rings (SSSR count). The molecule has 18 heavy (non-hydrogen) atoms. The summed E-state index contributed by atoms with van der Waals surface area (Å²) in [6, 6.07) is 2.04. The third kappa shape index (κ3) is 3.56. The Bertz CT molecular complexity index is 451. The van der Waals surface area contributed by atoms with Gasteiger partial charge in [0.15, 0.2) is 0 Å². The summed E-state index contributed by atoms with van der Waals surface area (Å²) >= 11 is 0. The molecule has 3 heteroatoms. The van der Waals surface area contributed by atoms with Crippen molar-refractivity contribution >= 4 is 11.6 Å². The number of anilines is 1. The second-order valence-electron chi connectivity index (χ2n) is 6.84. The van der Waals surface area contributed by atoms with Gasteiger partial charge in [-0.25, -0.2) is 0 Å². The summed E-state index contributed by atoms with van der Waals surface area (Å²) in [5.41, 5.74) is 2.51. The van der Waals surface area contributed by atoms with Gasteiger partial charge in [0.25, 0.3) is 0 Å². The average Bonchev–Trinajstić information content (AvgIpc) is 2.17. The Morgan fingerprint density at radius 1 is 1.17 bits per heavy atom. The molecule has 0 saturated carbocycles. The van der Waals surface area contributed by atoms with E-state index in [2.05, 4.69) is 31.1 Å². The molecule has 1 aromatic rings. The summed E-state index contributed by atoms with van der Waals surface area (Å²) in [5, 5.41) is 2.93. The van der Waals surface area contributed by atoms with Crippen molar-refractivity contribution in [2.75, 3.05) is 5.32 Å². The summed E-state index contributed by atoms with van der Waals surface area (Å²) in [6.45, 7) is 14.1. The predicted octanol–water partition coefficient (Wildman–Crippen LogP) is 3.67. The van der Waals surface area contributed by atoms with Gasteiger partial charge in [-0.3, -0.25) is 9.78 Å². The van der Waals surface area contributed by atoms with E-state index in [-0.39, 0.29) is 11.3 Å². The quantitative estimate of drug-likeness (QED) is 0.824. The Hall–Kier alpha value is -1.38. The van der Waals surface area contributed by atoms with E-state index in [9.17, 15) is 4.79 Å². The predicted molar refractivity (Wildman–Crippen MR) is 75.8 cm³/mol. The van der Waals surface area contributed by atoms with E-state index in [0.29, 0.717) is 0 Å². The lowest BCUT2D eigenvalue weighted by atomic mass is 9.90. The van der Waals surface area contributed by atoms with Crippen LogP contribution < -0.4 is 5.32 Å². The van der Waals surface area contributed by atoms with Gasteiger partial charge in [-0.2, -0.15) is 0 Å². The van der Waals surface area contributed by atoms with Crippen LogP contribution in [0.3, 0.4) is 0 Å². The summed E-state index contributed by atoms with van der Waals surface area (Å²) < 4.78 is 0. The SMILES string of the molecule is Cc1cc(C(C)(C)C)ncc1NC(=O)C(C)(C)C. The standard InChI is InChI=1S/C15H24N2O/c1-10-8-12(14(2,3)4)16-9-11(10)17-13(18)15(5,6)7/h8-9H,1-7H3,(H,17,18). The molecule has 0 bridgehead atoms. The first-order valence-electron chi connectivity index (χ1n) is 6.30. The van der Waals surface area contributed by atoms with Crippen LogP contribution in [0.1, 0.15) is 52.8 Å². The van der Waals surface area contributed by atoms with Crippen molar-refractivity contribution in [1.82, 2.24) is 4.98 Å². The van der Waals surface area contributed by atoms with Gasteiger partial charge in [-0.1, -0.05) is 41.5 Å². The number of carbonyl (C=O) groups is 1. The van der Waals surface area contributed by atoms with E-state index in [4.69, 9.17) is 0 Å². The largest absolute Gasteiger partial charge is 0.324 e. The third-order valence-electron chi connectivity index (χ3n) is 2.81. The van der Waals surface area contributed by atoms with Crippen molar-refractivity contribution in [3.8, 4) is 0 Å². The minimum absolute atomic E-state index is 0.0101. The highest BCUT2D eigenvalue weighted by Crippen LogP contribution is 2.25. The number of hydrogen-bond acceptors (Lipinski definition) is 2. The maximum absolute atomic E-state index is 11.9. The Morgan fingerprint density at radius 2 is 1.72 bits per heavy atom. The zero-order valence-electron chi connectivity index (χ0n) is 12.5. The van der Waals surface area contributed by atoms with Gasteiger partial charge in [0, 0.05) is 16.5 Å². The van der Waals surface area contributed by atoms with Crippen molar-refractivity contribution in [1.29, 1.82) is 0 Å². The number of amides is 1. The van der Waals surface area contributed by atoms with Gasteiger partial charge in [-0.15, -0.1) is 0 Å². The van der Waals surface area contributed by atoms with Crippen molar-refractivity contribution < 1.29 is 4.79 Å². The lowest BCUT2D eigenvalue weighted by Gasteiger charge is -2.21. The normalized spacial score (nSPS) is 12.4. The first-order valence-corrected chi connectivity index (χ1v) is 6.30. The van der Waals surface area contributed by atoms with Crippen molar-refractivity contribution in [3.05, 3.63) is 23.5 Å². The molecule has 1 heterocycles. The fraction of sp³-hybridized carbons (Fsp3) is 0.600. The monoisotopic (exact) mass is 248 g/mol. The van der Waals surface area contributed by atoms with Crippen LogP contribution in [0, 0.1) is 12.3 Å². The van der Waals surface area contributed by atoms with Crippen LogP contribution in [0.25, 0.3) is 0 Å². The van der Waals surface area contributed by atoms with Gasteiger partial charge in [0.2, 0.25) is 5.91 Å². The highest BCUT2D eigenvalue weighted by molar-refractivity contribution is 5.94. The highest BCUT2D eigenvalue weighted by atomic mass is 16.2. The van der Waals surface area contributed by atoms with Gasteiger partial charge >= 0.3 is 0 Å². The van der Waals surface area contributed by atoms with Crippen LogP contribution in [0.2, 0.25) is 0 Å². The Morgan fingerprint density at radius 3 is 2.11 bits per heavy atom. The maximum Gasteiger partial charge on any atom is 0.229 e. The molecule has 3 nitrogen and oxygen atoms in total. The van der Waals surface area contributed by atoms with E-state index in [0.717, 1.165) is 16.9 Å². The lowest BCUT2D eigenvalue weighted by molar-refractivity contribution is -0.123. The molecule has 0 saturated heterocycles. The van der Waals surface area contributed by atoms with E-state index in [1.807, 2.05) is 33.8 Å². The summed E-state index contributed by atoms with van der Waals surface area (Å²) in [5.74, 6) is 0.0101. The fourth-order valence-electron chi connectivity index (χ4n) is 1.41. The number of pyridine rings is 1. The smallest absolute Gasteiger partial charge is 0.229 e. The number of nitrogens with one attached hydrogen (secondary N) is 1. The molecule has 0 aliphatic heterocycles. The number of aromatic nitrogens is 1. The molecule has 1 amide bonds. The molecule has 0 aromatic carbocycles. The Labute approximate surface area is 110 Å². The van der Waals surface area contributed by atoms with E-state index < -0.39 is 5.41 Å². The van der Waals surface area contributed by atoms with Crippen LogP contribution in [0.4, 0.5) is 5.69 Å². The summed E-state index contributed by atoms with van der Waals surface area (Å²) in [7, 11) is 0. The maximum atomic E-state index is 11.9. The molecule has 1 N–H and O–H groups in total. The van der Waals surface area contributed by atoms with Crippen molar-refractivity contribution in [2.24, 2.45) is 5.41 Å². The first-order chi connectivity index (χ1) is 8.01. The molecule has 0 aliphatic rings. The number of rotatable bonds is 1. The lowest BCUT2D eigenvalue weighted by Crippen LogP contribution is -2.28.